The molecule has 1 aliphatic rings. The highest BCUT2D eigenvalue weighted by Gasteiger charge is 2.30. The summed E-state index contributed by atoms with van der Waals surface area (Å²) in [7, 11) is 0. The number of amides is 1. The molecule has 104 valence electrons. The van der Waals surface area contributed by atoms with Crippen LogP contribution in [0.25, 0.3) is 6.08 Å². The van der Waals surface area contributed by atoms with E-state index in [1.165, 1.54) is 12.1 Å². The van der Waals surface area contributed by atoms with Gasteiger partial charge >= 0.3 is 6.18 Å². The molecule has 0 unspecified atom stereocenters. The van der Waals surface area contributed by atoms with Crippen LogP contribution in [-0.2, 0) is 11.0 Å². The zero-order chi connectivity index (χ0) is 14.8. The number of hydrogen-bond donors (Lipinski definition) is 1. The van der Waals surface area contributed by atoms with E-state index in [0.29, 0.717) is 0 Å². The Morgan fingerprint density at radius 2 is 2.10 bits per heavy atom. The monoisotopic (exact) mass is 280 g/mol. The molecule has 0 heterocycles. The van der Waals surface area contributed by atoms with E-state index in [1.807, 2.05) is 0 Å². The Morgan fingerprint density at radius 3 is 2.65 bits per heavy atom. The van der Waals surface area contributed by atoms with E-state index in [2.05, 4.69) is 5.32 Å². The number of halogens is 3. The van der Waals surface area contributed by atoms with Crippen molar-refractivity contribution in [3.63, 3.8) is 0 Å². The third-order valence-corrected chi connectivity index (χ3v) is 2.80. The summed E-state index contributed by atoms with van der Waals surface area (Å²) in [4.78, 5) is 11.7. The molecular formula is C14H11F3N2O. The summed E-state index contributed by atoms with van der Waals surface area (Å²) >= 11 is 0. The van der Waals surface area contributed by atoms with Gasteiger partial charge in [-0.15, -0.1) is 0 Å². The fraction of sp³-hybridized carbons (Fsp3) is 0.286. The van der Waals surface area contributed by atoms with E-state index in [4.69, 9.17) is 5.26 Å². The standard InChI is InChI=1S/C14H11F3N2O/c15-14(16,17)11-3-1-2-9(7-11)6-10(8-18)13(20)19-12-4-5-12/h1-3,6-7,12H,4-5H2,(H,19,20)/b10-6+. The minimum atomic E-state index is -4.45. The highest BCUT2D eigenvalue weighted by atomic mass is 19.4. The van der Waals surface area contributed by atoms with Gasteiger partial charge in [0.15, 0.2) is 0 Å². The number of carbonyl (C=O) groups is 1. The molecule has 20 heavy (non-hydrogen) atoms. The normalized spacial score (nSPS) is 15.6. The molecule has 1 aromatic rings. The zero-order valence-corrected chi connectivity index (χ0v) is 10.4. The fourth-order valence-electron chi connectivity index (χ4n) is 1.61. The zero-order valence-electron chi connectivity index (χ0n) is 10.4. The quantitative estimate of drug-likeness (QED) is 0.683. The number of nitriles is 1. The fourth-order valence-corrected chi connectivity index (χ4v) is 1.61. The lowest BCUT2D eigenvalue weighted by Gasteiger charge is -2.07. The molecule has 1 aromatic carbocycles. The number of nitrogens with one attached hydrogen (secondary N) is 1. The predicted molar refractivity (Wildman–Crippen MR) is 66.2 cm³/mol. The van der Waals surface area contributed by atoms with Crippen LogP contribution >= 0.6 is 0 Å². The second kappa shape index (κ2) is 5.37. The second-order valence-electron chi connectivity index (χ2n) is 4.54. The van der Waals surface area contributed by atoms with Crippen LogP contribution in [0.15, 0.2) is 29.8 Å². The van der Waals surface area contributed by atoms with Crippen LogP contribution in [0.5, 0.6) is 0 Å². The van der Waals surface area contributed by atoms with E-state index < -0.39 is 17.6 Å². The molecule has 0 radical (unpaired) electrons. The summed E-state index contributed by atoms with van der Waals surface area (Å²) in [6, 6.07) is 6.29. The molecule has 0 bridgehead atoms. The van der Waals surface area contributed by atoms with Crippen molar-refractivity contribution >= 4 is 12.0 Å². The van der Waals surface area contributed by atoms with E-state index in [9.17, 15) is 18.0 Å². The first kappa shape index (κ1) is 14.1. The van der Waals surface area contributed by atoms with Gasteiger partial charge in [-0.25, -0.2) is 0 Å². The van der Waals surface area contributed by atoms with Gasteiger partial charge in [0.2, 0.25) is 0 Å². The number of benzene rings is 1. The van der Waals surface area contributed by atoms with Crippen LogP contribution in [0, 0.1) is 11.3 Å². The SMILES string of the molecule is N#C/C(=C\c1cccc(C(F)(F)F)c1)C(=O)NC1CC1. The highest BCUT2D eigenvalue weighted by Crippen LogP contribution is 2.30. The van der Waals surface area contributed by atoms with Gasteiger partial charge in [0, 0.05) is 6.04 Å². The van der Waals surface area contributed by atoms with Gasteiger partial charge in [-0.1, -0.05) is 12.1 Å². The largest absolute Gasteiger partial charge is 0.416 e. The number of carbonyl (C=O) groups excluding carboxylic acids is 1. The summed E-state index contributed by atoms with van der Waals surface area (Å²) < 4.78 is 37.7. The number of alkyl halides is 3. The van der Waals surface area contributed by atoms with E-state index in [1.54, 1.807) is 6.07 Å². The number of hydrogen-bond acceptors (Lipinski definition) is 2. The van der Waals surface area contributed by atoms with Crippen molar-refractivity contribution in [2.24, 2.45) is 0 Å². The lowest BCUT2D eigenvalue weighted by Crippen LogP contribution is -2.26. The molecule has 1 amide bonds. The maximum Gasteiger partial charge on any atom is 0.416 e. The Labute approximate surface area is 113 Å². The van der Waals surface area contributed by atoms with Crippen LogP contribution in [-0.4, -0.2) is 11.9 Å². The third kappa shape index (κ3) is 3.60. The van der Waals surface area contributed by atoms with Crippen LogP contribution < -0.4 is 5.32 Å². The molecule has 2 rings (SSSR count). The van der Waals surface area contributed by atoms with E-state index >= 15 is 0 Å². The number of nitrogens with zero attached hydrogens (tertiary/aromatic N) is 1. The molecule has 6 heteroatoms. The van der Waals surface area contributed by atoms with Gasteiger partial charge in [-0.05, 0) is 36.6 Å². The highest BCUT2D eigenvalue weighted by molar-refractivity contribution is 6.01. The van der Waals surface area contributed by atoms with Crippen LogP contribution in [0.4, 0.5) is 13.2 Å². The van der Waals surface area contributed by atoms with Gasteiger partial charge in [0.1, 0.15) is 11.6 Å². The molecule has 1 N–H and O–H groups in total. The first-order chi connectivity index (χ1) is 9.40. The van der Waals surface area contributed by atoms with Crippen molar-refractivity contribution in [2.75, 3.05) is 0 Å². The van der Waals surface area contributed by atoms with E-state index in [0.717, 1.165) is 31.1 Å². The molecule has 0 aromatic heterocycles. The van der Waals surface area contributed by atoms with E-state index in [-0.39, 0.29) is 17.2 Å². The Kier molecular flexibility index (Phi) is 3.79. The van der Waals surface area contributed by atoms with Gasteiger partial charge in [0.05, 0.1) is 5.56 Å². The van der Waals surface area contributed by atoms with Gasteiger partial charge in [-0.3, -0.25) is 4.79 Å². The van der Waals surface area contributed by atoms with Crippen molar-refractivity contribution in [2.45, 2.75) is 25.1 Å². The lowest BCUT2D eigenvalue weighted by atomic mass is 10.1. The predicted octanol–water partition coefficient (Wildman–Crippen LogP) is 2.89. The second-order valence-corrected chi connectivity index (χ2v) is 4.54. The summed E-state index contributed by atoms with van der Waals surface area (Å²) in [5.41, 5.74) is -0.843. The summed E-state index contributed by atoms with van der Waals surface area (Å²) in [6.45, 7) is 0. The van der Waals surface area contributed by atoms with Gasteiger partial charge in [0.25, 0.3) is 5.91 Å². The topological polar surface area (TPSA) is 52.9 Å². The molecule has 3 nitrogen and oxygen atoms in total. The molecule has 0 aliphatic heterocycles. The summed E-state index contributed by atoms with van der Waals surface area (Å²) in [5.74, 6) is -0.549. The van der Waals surface area contributed by atoms with Crippen LogP contribution in [0.3, 0.4) is 0 Å². The van der Waals surface area contributed by atoms with Gasteiger partial charge in [-0.2, -0.15) is 18.4 Å². The molecule has 1 fully saturated rings. The maximum absolute atomic E-state index is 12.6. The Balaban J connectivity index is 2.23. The molecule has 1 aliphatic carbocycles. The average molecular weight is 280 g/mol. The van der Waals surface area contributed by atoms with Gasteiger partial charge < -0.3 is 5.32 Å². The molecule has 0 saturated heterocycles. The Bertz CT molecular complexity index is 595. The molecule has 0 spiro atoms. The van der Waals surface area contributed by atoms with Crippen molar-refractivity contribution in [3.8, 4) is 6.07 Å². The third-order valence-electron chi connectivity index (χ3n) is 2.80. The van der Waals surface area contributed by atoms with Crippen molar-refractivity contribution in [1.82, 2.24) is 5.32 Å². The smallest absolute Gasteiger partial charge is 0.349 e. The molecule has 0 atom stereocenters. The minimum absolute atomic E-state index is 0.0840. The van der Waals surface area contributed by atoms with Crippen LogP contribution in [0.1, 0.15) is 24.0 Å². The molecule has 1 saturated carbocycles. The van der Waals surface area contributed by atoms with Crippen molar-refractivity contribution in [3.05, 3.63) is 41.0 Å². The summed E-state index contributed by atoms with van der Waals surface area (Å²) in [6.07, 6.45) is -1.55. The van der Waals surface area contributed by atoms with Crippen molar-refractivity contribution in [1.29, 1.82) is 5.26 Å². The minimum Gasteiger partial charge on any atom is -0.349 e. The summed E-state index contributed by atoms with van der Waals surface area (Å²) in [5, 5.41) is 11.5. The Morgan fingerprint density at radius 1 is 1.40 bits per heavy atom. The molecular weight excluding hydrogens is 269 g/mol. The average Bonchev–Trinajstić information content (AvgIpc) is 3.19. The lowest BCUT2D eigenvalue weighted by molar-refractivity contribution is -0.137. The first-order valence-electron chi connectivity index (χ1n) is 6.00. The Hall–Kier alpha value is -2.29. The van der Waals surface area contributed by atoms with Crippen LogP contribution in [0.2, 0.25) is 0 Å². The number of rotatable bonds is 3. The first-order valence-corrected chi connectivity index (χ1v) is 6.00. The maximum atomic E-state index is 12.6. The van der Waals surface area contributed by atoms with Crippen molar-refractivity contribution < 1.29 is 18.0 Å².